The average molecular weight is 410 g/mol. The first-order valence-corrected chi connectivity index (χ1v) is 11.4. The first kappa shape index (κ1) is 19.8. The Labute approximate surface area is 177 Å². The number of likely N-dealkylation sites (tertiary alicyclic amines) is 1. The molecule has 6 heteroatoms. The second-order valence-corrected chi connectivity index (χ2v) is 9.09. The number of amides is 1. The number of ketones is 1. The largest absolute Gasteiger partial charge is 0.381 e. The molecule has 3 heterocycles. The van der Waals surface area contributed by atoms with E-state index in [1.165, 1.54) is 29.5 Å². The number of benzene rings is 1. The van der Waals surface area contributed by atoms with Crippen molar-refractivity contribution in [1.29, 1.82) is 0 Å². The van der Waals surface area contributed by atoms with Gasteiger partial charge in [0.15, 0.2) is 5.78 Å². The standard InChI is InChI=1S/C24H31N3O3/c25-24(29)18-5-3-11-27(16-9-12-30-13-10-16)22(18)23(28)15-7-8-21-19(14-15)17-4-1-2-6-20(17)26-21/h7-8,14,16,18,22,26H,1-6,9-13H2,(H2,25,29). The van der Waals surface area contributed by atoms with Crippen molar-refractivity contribution in [2.24, 2.45) is 11.7 Å². The van der Waals surface area contributed by atoms with Gasteiger partial charge in [-0.15, -0.1) is 0 Å². The van der Waals surface area contributed by atoms with Gasteiger partial charge < -0.3 is 15.5 Å². The summed E-state index contributed by atoms with van der Waals surface area (Å²) in [4.78, 5) is 31.9. The number of ether oxygens (including phenoxy) is 1. The molecular weight excluding hydrogens is 378 g/mol. The Bertz CT molecular complexity index is 960. The smallest absolute Gasteiger partial charge is 0.222 e. The number of Topliss-reactive ketones (excluding diaryl/α,β-unsaturated/α-hetero) is 1. The third kappa shape index (κ3) is 3.46. The van der Waals surface area contributed by atoms with Crippen molar-refractivity contribution in [1.82, 2.24) is 9.88 Å². The maximum atomic E-state index is 13.8. The minimum atomic E-state index is -0.466. The Morgan fingerprint density at radius 3 is 2.67 bits per heavy atom. The van der Waals surface area contributed by atoms with Gasteiger partial charge in [-0.2, -0.15) is 0 Å². The predicted molar refractivity (Wildman–Crippen MR) is 116 cm³/mol. The second kappa shape index (κ2) is 8.16. The van der Waals surface area contributed by atoms with E-state index in [1.54, 1.807) is 0 Å². The van der Waals surface area contributed by atoms with E-state index in [0.717, 1.165) is 44.2 Å². The summed E-state index contributed by atoms with van der Waals surface area (Å²) in [5.74, 6) is -0.743. The van der Waals surface area contributed by atoms with Crippen LogP contribution in [0.1, 0.15) is 60.1 Å². The number of carbonyl (C=O) groups is 2. The molecule has 5 rings (SSSR count). The Hall–Kier alpha value is -2.18. The number of aromatic amines is 1. The molecule has 0 radical (unpaired) electrons. The van der Waals surface area contributed by atoms with Crippen LogP contribution in [-0.4, -0.2) is 53.4 Å². The van der Waals surface area contributed by atoms with Crippen LogP contribution in [0, 0.1) is 5.92 Å². The van der Waals surface area contributed by atoms with Gasteiger partial charge in [0.1, 0.15) is 0 Å². The fourth-order valence-corrected chi connectivity index (χ4v) is 5.81. The van der Waals surface area contributed by atoms with Crippen LogP contribution in [0.15, 0.2) is 18.2 Å². The van der Waals surface area contributed by atoms with Gasteiger partial charge in [0.05, 0.1) is 12.0 Å². The third-order valence-electron chi connectivity index (χ3n) is 7.35. The molecule has 1 aliphatic carbocycles. The molecule has 160 valence electrons. The lowest BCUT2D eigenvalue weighted by Gasteiger charge is -2.44. The molecule has 2 aliphatic heterocycles. The van der Waals surface area contributed by atoms with E-state index >= 15 is 0 Å². The van der Waals surface area contributed by atoms with Gasteiger partial charge in [-0.1, -0.05) is 0 Å². The van der Waals surface area contributed by atoms with Crippen LogP contribution in [0.25, 0.3) is 10.9 Å². The number of fused-ring (bicyclic) bond motifs is 3. The molecular formula is C24H31N3O3. The zero-order valence-electron chi connectivity index (χ0n) is 17.5. The number of nitrogens with zero attached hydrogens (tertiary/aromatic N) is 1. The van der Waals surface area contributed by atoms with Crippen molar-refractivity contribution in [2.75, 3.05) is 19.8 Å². The lowest BCUT2D eigenvalue weighted by molar-refractivity contribution is -0.125. The Morgan fingerprint density at radius 2 is 1.87 bits per heavy atom. The molecule has 2 fully saturated rings. The number of carbonyl (C=O) groups excluding carboxylic acids is 2. The number of aryl methyl sites for hydroxylation is 2. The van der Waals surface area contributed by atoms with Crippen LogP contribution in [0.5, 0.6) is 0 Å². The third-order valence-corrected chi connectivity index (χ3v) is 7.35. The SMILES string of the molecule is NC(=O)C1CCCN(C2CCOCC2)C1C(=O)c1ccc2[nH]c3c(c2c1)CCCC3. The van der Waals surface area contributed by atoms with Crippen LogP contribution in [0.3, 0.4) is 0 Å². The Balaban J connectivity index is 1.51. The highest BCUT2D eigenvalue weighted by Gasteiger charge is 2.43. The Kier molecular flexibility index (Phi) is 5.37. The molecule has 30 heavy (non-hydrogen) atoms. The van der Waals surface area contributed by atoms with Gasteiger partial charge >= 0.3 is 0 Å². The number of nitrogens with two attached hydrogens (primary N) is 1. The first-order valence-electron chi connectivity index (χ1n) is 11.4. The molecule has 2 aromatic rings. The Morgan fingerprint density at radius 1 is 1.07 bits per heavy atom. The molecule has 3 aliphatic rings. The highest BCUT2D eigenvalue weighted by Crippen LogP contribution is 2.33. The summed E-state index contributed by atoms with van der Waals surface area (Å²) in [6.07, 6.45) is 7.95. The number of primary amides is 1. The van der Waals surface area contributed by atoms with Gasteiger partial charge in [-0.3, -0.25) is 14.5 Å². The number of hydrogen-bond donors (Lipinski definition) is 2. The molecule has 2 atom stereocenters. The van der Waals surface area contributed by atoms with Crippen molar-refractivity contribution in [3.8, 4) is 0 Å². The molecule has 1 amide bonds. The lowest BCUT2D eigenvalue weighted by atomic mass is 9.82. The highest BCUT2D eigenvalue weighted by molar-refractivity contribution is 6.05. The van der Waals surface area contributed by atoms with Crippen LogP contribution >= 0.6 is 0 Å². The monoisotopic (exact) mass is 409 g/mol. The topological polar surface area (TPSA) is 88.4 Å². The summed E-state index contributed by atoms with van der Waals surface area (Å²) in [6.45, 7) is 2.27. The van der Waals surface area contributed by atoms with E-state index in [2.05, 4.69) is 9.88 Å². The van der Waals surface area contributed by atoms with Gasteiger partial charge in [-0.05, 0) is 81.7 Å². The van der Waals surface area contributed by atoms with Crippen LogP contribution < -0.4 is 5.73 Å². The van der Waals surface area contributed by atoms with Crippen molar-refractivity contribution < 1.29 is 14.3 Å². The first-order chi connectivity index (χ1) is 14.6. The number of piperidine rings is 1. The van der Waals surface area contributed by atoms with E-state index in [-0.39, 0.29) is 17.7 Å². The maximum Gasteiger partial charge on any atom is 0.222 e. The zero-order chi connectivity index (χ0) is 20.7. The summed E-state index contributed by atoms with van der Waals surface area (Å²) < 4.78 is 5.53. The predicted octanol–water partition coefficient (Wildman–Crippen LogP) is 2.97. The van der Waals surface area contributed by atoms with Gasteiger partial charge in [0.2, 0.25) is 5.91 Å². The zero-order valence-corrected chi connectivity index (χ0v) is 17.5. The van der Waals surface area contributed by atoms with Crippen LogP contribution in [0.4, 0.5) is 0 Å². The molecule has 2 unspecified atom stereocenters. The summed E-state index contributed by atoms with van der Waals surface area (Å²) >= 11 is 0. The minimum absolute atomic E-state index is 0.0395. The van der Waals surface area contributed by atoms with Crippen LogP contribution in [-0.2, 0) is 22.4 Å². The second-order valence-electron chi connectivity index (χ2n) is 9.09. The molecule has 0 spiro atoms. The molecule has 0 bridgehead atoms. The molecule has 1 aromatic carbocycles. The molecule has 3 N–H and O–H groups in total. The van der Waals surface area contributed by atoms with Crippen molar-refractivity contribution in [2.45, 2.75) is 63.5 Å². The van der Waals surface area contributed by atoms with E-state index in [4.69, 9.17) is 10.5 Å². The summed E-state index contributed by atoms with van der Waals surface area (Å²) in [7, 11) is 0. The van der Waals surface area contributed by atoms with Gasteiger partial charge in [-0.25, -0.2) is 0 Å². The minimum Gasteiger partial charge on any atom is -0.381 e. The van der Waals surface area contributed by atoms with Gasteiger partial charge in [0, 0.05) is 41.4 Å². The number of rotatable bonds is 4. The fourth-order valence-electron chi connectivity index (χ4n) is 5.81. The molecule has 6 nitrogen and oxygen atoms in total. The normalized spacial score (nSPS) is 25.9. The summed E-state index contributed by atoms with van der Waals surface area (Å²) in [5, 5.41) is 1.17. The summed E-state index contributed by atoms with van der Waals surface area (Å²) in [6, 6.07) is 5.81. The van der Waals surface area contributed by atoms with E-state index in [9.17, 15) is 9.59 Å². The van der Waals surface area contributed by atoms with E-state index in [1.807, 2.05) is 18.2 Å². The highest BCUT2D eigenvalue weighted by atomic mass is 16.5. The maximum absolute atomic E-state index is 13.8. The van der Waals surface area contributed by atoms with Gasteiger partial charge in [0.25, 0.3) is 0 Å². The number of aromatic nitrogens is 1. The van der Waals surface area contributed by atoms with Crippen LogP contribution in [0.2, 0.25) is 0 Å². The molecule has 0 saturated carbocycles. The molecule has 2 saturated heterocycles. The van der Waals surface area contributed by atoms with Crippen molar-refractivity contribution >= 4 is 22.6 Å². The fraction of sp³-hybridized carbons (Fsp3) is 0.583. The quantitative estimate of drug-likeness (QED) is 0.760. The number of H-pyrrole nitrogens is 1. The number of nitrogens with one attached hydrogen (secondary N) is 1. The summed E-state index contributed by atoms with van der Waals surface area (Å²) in [5.41, 5.74) is 10.3. The lowest BCUT2D eigenvalue weighted by Crippen LogP contribution is -2.58. The number of hydrogen-bond acceptors (Lipinski definition) is 4. The van der Waals surface area contributed by atoms with E-state index in [0.29, 0.717) is 25.2 Å². The van der Waals surface area contributed by atoms with Crippen molar-refractivity contribution in [3.63, 3.8) is 0 Å². The van der Waals surface area contributed by atoms with E-state index < -0.39 is 12.0 Å². The average Bonchev–Trinajstić information content (AvgIpc) is 3.16. The molecule has 1 aromatic heterocycles. The van der Waals surface area contributed by atoms with Crippen molar-refractivity contribution in [3.05, 3.63) is 35.0 Å².